The van der Waals surface area contributed by atoms with Gasteiger partial charge in [0.15, 0.2) is 0 Å². The minimum atomic E-state index is -0.482. The standard InChI is InChI=1S/C11H7BrClNO3S/c12-8-3-4-18-11(8)6-17-10-5-7(14(15)16)1-2-9(10)13/h1-5H,6H2. The molecular weight excluding hydrogens is 342 g/mol. The summed E-state index contributed by atoms with van der Waals surface area (Å²) in [5, 5.41) is 12.9. The van der Waals surface area contributed by atoms with Gasteiger partial charge in [-0.3, -0.25) is 10.1 Å². The number of thiophene rings is 1. The Balaban J connectivity index is 2.16. The first-order valence-corrected chi connectivity index (χ1v) is 6.91. The number of nitro groups is 1. The summed E-state index contributed by atoms with van der Waals surface area (Å²) in [5.41, 5.74) is -0.0420. The van der Waals surface area contributed by atoms with Gasteiger partial charge in [-0.2, -0.15) is 0 Å². The van der Waals surface area contributed by atoms with Crippen molar-refractivity contribution >= 4 is 44.6 Å². The Morgan fingerprint density at radius 3 is 2.83 bits per heavy atom. The Kier molecular flexibility index (Phi) is 4.21. The van der Waals surface area contributed by atoms with Crippen LogP contribution in [0.1, 0.15) is 4.88 Å². The summed E-state index contributed by atoms with van der Waals surface area (Å²) in [6.07, 6.45) is 0. The molecule has 0 amide bonds. The highest BCUT2D eigenvalue weighted by molar-refractivity contribution is 9.10. The summed E-state index contributed by atoms with van der Waals surface area (Å²) >= 11 is 10.8. The van der Waals surface area contributed by atoms with Crippen molar-refractivity contribution in [1.82, 2.24) is 0 Å². The average Bonchev–Trinajstić information content (AvgIpc) is 2.73. The molecule has 0 radical (unpaired) electrons. The minimum absolute atomic E-state index is 0.0420. The number of non-ortho nitro benzene ring substituents is 1. The summed E-state index contributed by atoms with van der Waals surface area (Å²) in [6.45, 7) is 0.319. The molecule has 18 heavy (non-hydrogen) atoms. The summed E-state index contributed by atoms with van der Waals surface area (Å²) in [5.74, 6) is 0.311. The van der Waals surface area contributed by atoms with Crippen LogP contribution in [0.25, 0.3) is 0 Å². The number of ether oxygens (including phenoxy) is 1. The van der Waals surface area contributed by atoms with Crippen LogP contribution >= 0.6 is 38.9 Å². The lowest BCUT2D eigenvalue weighted by molar-refractivity contribution is -0.384. The third-order valence-electron chi connectivity index (χ3n) is 2.18. The molecule has 2 rings (SSSR count). The summed E-state index contributed by atoms with van der Waals surface area (Å²) in [7, 11) is 0. The molecule has 2 aromatic rings. The van der Waals surface area contributed by atoms with Gasteiger partial charge in [-0.15, -0.1) is 11.3 Å². The molecular formula is C11H7BrClNO3S. The highest BCUT2D eigenvalue weighted by Gasteiger charge is 2.11. The van der Waals surface area contributed by atoms with Gasteiger partial charge >= 0.3 is 0 Å². The van der Waals surface area contributed by atoms with Crippen molar-refractivity contribution in [3.63, 3.8) is 0 Å². The van der Waals surface area contributed by atoms with Crippen LogP contribution in [0.2, 0.25) is 5.02 Å². The normalized spacial score (nSPS) is 10.3. The second-order valence-electron chi connectivity index (χ2n) is 3.35. The van der Waals surface area contributed by atoms with E-state index < -0.39 is 4.92 Å². The SMILES string of the molecule is O=[N+]([O-])c1ccc(Cl)c(OCc2sccc2Br)c1. The molecule has 0 N–H and O–H groups in total. The molecule has 1 aromatic carbocycles. The first kappa shape index (κ1) is 13.3. The smallest absolute Gasteiger partial charge is 0.273 e. The van der Waals surface area contributed by atoms with Crippen molar-refractivity contribution in [1.29, 1.82) is 0 Å². The molecule has 0 spiro atoms. The fourth-order valence-corrected chi connectivity index (χ4v) is 2.84. The topological polar surface area (TPSA) is 52.4 Å². The Hall–Kier alpha value is -1.11. The van der Waals surface area contributed by atoms with Crippen LogP contribution in [-0.4, -0.2) is 4.92 Å². The van der Waals surface area contributed by atoms with Crippen molar-refractivity contribution in [3.05, 3.63) is 54.1 Å². The largest absolute Gasteiger partial charge is 0.486 e. The van der Waals surface area contributed by atoms with Crippen LogP contribution in [0, 0.1) is 10.1 Å². The maximum absolute atomic E-state index is 10.7. The number of benzene rings is 1. The van der Waals surface area contributed by atoms with Gasteiger partial charge in [0, 0.05) is 10.5 Å². The van der Waals surface area contributed by atoms with E-state index in [0.717, 1.165) is 9.35 Å². The molecule has 0 unspecified atom stereocenters. The van der Waals surface area contributed by atoms with E-state index in [0.29, 0.717) is 17.4 Å². The van der Waals surface area contributed by atoms with E-state index in [9.17, 15) is 10.1 Å². The molecule has 94 valence electrons. The van der Waals surface area contributed by atoms with Gasteiger partial charge in [0.05, 0.1) is 20.9 Å². The Morgan fingerprint density at radius 1 is 1.44 bits per heavy atom. The number of nitrogens with zero attached hydrogens (tertiary/aromatic N) is 1. The Morgan fingerprint density at radius 2 is 2.22 bits per heavy atom. The second-order valence-corrected chi connectivity index (χ2v) is 5.61. The molecule has 0 saturated heterocycles. The number of halogens is 2. The van der Waals surface area contributed by atoms with E-state index in [2.05, 4.69) is 15.9 Å². The zero-order valence-corrected chi connectivity index (χ0v) is 12.1. The zero-order chi connectivity index (χ0) is 13.1. The molecule has 0 bridgehead atoms. The fourth-order valence-electron chi connectivity index (χ4n) is 1.29. The van der Waals surface area contributed by atoms with Crippen LogP contribution in [0.4, 0.5) is 5.69 Å². The molecule has 7 heteroatoms. The molecule has 0 fully saturated rings. The van der Waals surface area contributed by atoms with Crippen molar-refractivity contribution in [2.24, 2.45) is 0 Å². The van der Waals surface area contributed by atoms with Crippen molar-refractivity contribution < 1.29 is 9.66 Å². The van der Waals surface area contributed by atoms with E-state index in [-0.39, 0.29) is 5.69 Å². The van der Waals surface area contributed by atoms with Gasteiger partial charge in [-0.1, -0.05) is 11.6 Å². The highest BCUT2D eigenvalue weighted by Crippen LogP contribution is 2.31. The third kappa shape index (κ3) is 3.01. The first-order valence-electron chi connectivity index (χ1n) is 4.86. The van der Waals surface area contributed by atoms with Crippen LogP contribution in [0.3, 0.4) is 0 Å². The molecule has 0 aliphatic heterocycles. The maximum atomic E-state index is 10.7. The van der Waals surface area contributed by atoms with Crippen molar-refractivity contribution in [2.45, 2.75) is 6.61 Å². The number of rotatable bonds is 4. The molecule has 1 heterocycles. The first-order chi connectivity index (χ1) is 8.58. The number of nitro benzene ring substituents is 1. The Labute approximate surface area is 120 Å². The summed E-state index contributed by atoms with van der Waals surface area (Å²) in [4.78, 5) is 11.2. The maximum Gasteiger partial charge on any atom is 0.273 e. The van der Waals surface area contributed by atoms with E-state index in [1.165, 1.54) is 29.5 Å². The van der Waals surface area contributed by atoms with Crippen molar-refractivity contribution in [2.75, 3.05) is 0 Å². The fraction of sp³-hybridized carbons (Fsp3) is 0.0909. The minimum Gasteiger partial charge on any atom is -0.486 e. The van der Waals surface area contributed by atoms with Crippen LogP contribution in [0.15, 0.2) is 34.1 Å². The van der Waals surface area contributed by atoms with Crippen molar-refractivity contribution in [3.8, 4) is 5.75 Å². The van der Waals surface area contributed by atoms with Crippen LogP contribution in [-0.2, 0) is 6.61 Å². The molecule has 0 saturated carbocycles. The summed E-state index contributed by atoms with van der Waals surface area (Å²) < 4.78 is 6.45. The van der Waals surface area contributed by atoms with Gasteiger partial charge in [-0.05, 0) is 33.4 Å². The quantitative estimate of drug-likeness (QED) is 0.597. The monoisotopic (exact) mass is 347 g/mol. The number of hydrogen-bond acceptors (Lipinski definition) is 4. The van der Waals surface area contributed by atoms with E-state index in [1.54, 1.807) is 0 Å². The van der Waals surface area contributed by atoms with Gasteiger partial charge in [0.1, 0.15) is 12.4 Å². The lowest BCUT2D eigenvalue weighted by Gasteiger charge is -2.06. The molecule has 0 atom stereocenters. The lowest BCUT2D eigenvalue weighted by atomic mass is 10.3. The van der Waals surface area contributed by atoms with E-state index >= 15 is 0 Å². The molecule has 4 nitrogen and oxygen atoms in total. The van der Waals surface area contributed by atoms with Crippen LogP contribution < -0.4 is 4.74 Å². The van der Waals surface area contributed by atoms with E-state index in [1.807, 2.05) is 11.4 Å². The lowest BCUT2D eigenvalue weighted by Crippen LogP contribution is -1.96. The molecule has 0 aliphatic rings. The highest BCUT2D eigenvalue weighted by atomic mass is 79.9. The van der Waals surface area contributed by atoms with Crippen LogP contribution in [0.5, 0.6) is 5.75 Å². The van der Waals surface area contributed by atoms with Gasteiger partial charge in [0.2, 0.25) is 0 Å². The van der Waals surface area contributed by atoms with Gasteiger partial charge < -0.3 is 4.74 Å². The third-order valence-corrected chi connectivity index (χ3v) is 4.39. The van der Waals surface area contributed by atoms with Gasteiger partial charge in [-0.25, -0.2) is 0 Å². The van der Waals surface area contributed by atoms with E-state index in [4.69, 9.17) is 16.3 Å². The second kappa shape index (κ2) is 5.69. The summed E-state index contributed by atoms with van der Waals surface area (Å²) in [6, 6.07) is 6.04. The Bertz CT molecular complexity index is 587. The zero-order valence-electron chi connectivity index (χ0n) is 8.93. The molecule has 0 aliphatic carbocycles. The predicted octanol–water partition coefficient (Wildman–Crippen LogP) is 4.65. The van der Waals surface area contributed by atoms with Gasteiger partial charge in [0.25, 0.3) is 5.69 Å². The number of hydrogen-bond donors (Lipinski definition) is 0. The predicted molar refractivity (Wildman–Crippen MR) is 74.5 cm³/mol. The average molecular weight is 349 g/mol. The molecule has 1 aromatic heterocycles.